The van der Waals surface area contributed by atoms with Crippen molar-refractivity contribution < 1.29 is 23.9 Å². The number of carbonyl (C=O) groups is 3. The van der Waals surface area contributed by atoms with E-state index in [-0.39, 0.29) is 30.3 Å². The molecule has 0 aliphatic carbocycles. The van der Waals surface area contributed by atoms with E-state index in [4.69, 9.17) is 21.1 Å². The van der Waals surface area contributed by atoms with Crippen LogP contribution in [-0.4, -0.2) is 34.7 Å². The normalized spacial score (nSPS) is 20.6. The van der Waals surface area contributed by atoms with Crippen molar-refractivity contribution in [3.8, 4) is 11.5 Å². The second kappa shape index (κ2) is 7.42. The van der Waals surface area contributed by atoms with Gasteiger partial charge in [0, 0.05) is 30.5 Å². The van der Waals surface area contributed by atoms with E-state index in [0.29, 0.717) is 33.3 Å². The predicted octanol–water partition coefficient (Wildman–Crippen LogP) is 2.77. The molecule has 1 spiro atoms. The summed E-state index contributed by atoms with van der Waals surface area (Å²) < 4.78 is 10.8. The summed E-state index contributed by atoms with van der Waals surface area (Å²) in [6.45, 7) is 2.92. The van der Waals surface area contributed by atoms with E-state index in [1.54, 1.807) is 35.2 Å². The third-order valence-corrected chi connectivity index (χ3v) is 6.87. The van der Waals surface area contributed by atoms with Crippen molar-refractivity contribution >= 4 is 51.9 Å². The number of para-hydroxylation sites is 1. The lowest BCUT2D eigenvalue weighted by atomic mass is 10.1. The van der Waals surface area contributed by atoms with Crippen molar-refractivity contribution in [3.63, 3.8) is 0 Å². The molecule has 0 aromatic heterocycles. The Hall–Kier alpha value is -3.24. The van der Waals surface area contributed by atoms with Crippen LogP contribution in [0.3, 0.4) is 0 Å². The highest BCUT2D eigenvalue weighted by Crippen LogP contribution is 2.55. The lowest BCUT2D eigenvalue weighted by Crippen LogP contribution is -2.48. The maximum absolute atomic E-state index is 13.9. The molecule has 5 rings (SSSR count). The minimum absolute atomic E-state index is 0.108. The van der Waals surface area contributed by atoms with Gasteiger partial charge in [-0.3, -0.25) is 14.4 Å². The molecule has 0 saturated heterocycles. The van der Waals surface area contributed by atoms with Gasteiger partial charge in [-0.2, -0.15) is 5.01 Å². The average molecular weight is 473 g/mol. The van der Waals surface area contributed by atoms with Gasteiger partial charge in [-0.25, -0.2) is 0 Å². The Kier molecular flexibility index (Phi) is 4.79. The zero-order valence-corrected chi connectivity index (χ0v) is 18.6. The molecule has 2 aromatic carbocycles. The number of carbonyl (C=O) groups excluding carboxylic acids is 3. The highest BCUT2D eigenvalue weighted by atomic mass is 35.5. The topological polar surface area (TPSA) is 101 Å². The van der Waals surface area contributed by atoms with Crippen LogP contribution >= 0.6 is 23.4 Å². The average Bonchev–Trinajstić information content (AvgIpc) is 3.41. The third kappa shape index (κ3) is 3.01. The quantitative estimate of drug-likeness (QED) is 0.721. The standard InChI is InChI=1S/C21H17ClN4O5S/c1-11(27)23-20-24-26(12(2)28)21(32-20)14-5-3-4-6-16(14)25(19(21)29)9-13-7-17-18(8-15(13)22)31-10-30-17/h3-8H,9-10H2,1-2H3,(H,23,24,27)/t21-/m0/s1. The van der Waals surface area contributed by atoms with Crippen LogP contribution in [0, 0.1) is 0 Å². The summed E-state index contributed by atoms with van der Waals surface area (Å²) in [5.74, 6) is -0.0398. The Morgan fingerprint density at radius 1 is 1.22 bits per heavy atom. The molecular weight excluding hydrogens is 456 g/mol. The van der Waals surface area contributed by atoms with E-state index in [9.17, 15) is 14.4 Å². The summed E-state index contributed by atoms with van der Waals surface area (Å²) in [5.41, 5.74) is 1.90. The summed E-state index contributed by atoms with van der Waals surface area (Å²) in [4.78, 5) is 38.1. The van der Waals surface area contributed by atoms with E-state index in [1.165, 1.54) is 13.8 Å². The van der Waals surface area contributed by atoms with Crippen molar-refractivity contribution in [2.45, 2.75) is 25.3 Å². The Balaban J connectivity index is 1.58. The number of hydrazone groups is 1. The molecule has 3 aliphatic heterocycles. The van der Waals surface area contributed by atoms with E-state index >= 15 is 0 Å². The van der Waals surface area contributed by atoms with Gasteiger partial charge in [0.1, 0.15) is 0 Å². The number of hydrogen-bond donors (Lipinski definition) is 1. The Morgan fingerprint density at radius 2 is 1.94 bits per heavy atom. The first kappa shape index (κ1) is 20.7. The summed E-state index contributed by atoms with van der Waals surface area (Å²) in [5, 5.41) is 8.57. The molecule has 0 fully saturated rings. The molecular formula is C21H17ClN4O5S. The molecule has 164 valence electrons. The van der Waals surface area contributed by atoms with Gasteiger partial charge in [0.25, 0.3) is 5.91 Å². The molecule has 1 N–H and O–H groups in total. The van der Waals surface area contributed by atoms with Crippen molar-refractivity contribution in [2.75, 3.05) is 11.7 Å². The predicted molar refractivity (Wildman–Crippen MR) is 118 cm³/mol. The summed E-state index contributed by atoms with van der Waals surface area (Å²) in [6.07, 6.45) is 0. The maximum atomic E-state index is 13.9. The molecule has 11 heteroatoms. The molecule has 0 bridgehead atoms. The second-order valence-corrected chi connectivity index (χ2v) is 8.96. The van der Waals surface area contributed by atoms with Gasteiger partial charge in [-0.1, -0.05) is 29.8 Å². The van der Waals surface area contributed by atoms with Crippen LogP contribution < -0.4 is 19.7 Å². The fourth-order valence-corrected chi connectivity index (χ4v) is 5.52. The number of fused-ring (bicyclic) bond motifs is 3. The van der Waals surface area contributed by atoms with Crippen molar-refractivity contribution in [3.05, 3.63) is 52.5 Å². The fourth-order valence-electron chi connectivity index (χ4n) is 3.97. The minimum atomic E-state index is -1.46. The molecule has 3 amide bonds. The third-order valence-electron chi connectivity index (χ3n) is 5.28. The monoisotopic (exact) mass is 472 g/mol. The largest absolute Gasteiger partial charge is 0.454 e. The lowest BCUT2D eigenvalue weighted by Gasteiger charge is -2.29. The maximum Gasteiger partial charge on any atom is 0.271 e. The lowest BCUT2D eigenvalue weighted by molar-refractivity contribution is -0.139. The first-order chi connectivity index (χ1) is 15.3. The van der Waals surface area contributed by atoms with Gasteiger partial charge in [-0.15, -0.1) is 5.10 Å². The minimum Gasteiger partial charge on any atom is -0.454 e. The number of ether oxygens (including phenoxy) is 2. The van der Waals surface area contributed by atoms with Crippen LogP contribution in [0.1, 0.15) is 25.0 Å². The highest BCUT2D eigenvalue weighted by molar-refractivity contribution is 8.15. The number of benzene rings is 2. The number of rotatable bonds is 2. The van der Waals surface area contributed by atoms with E-state index in [0.717, 1.165) is 16.8 Å². The van der Waals surface area contributed by atoms with Crippen LogP contribution in [0.2, 0.25) is 5.02 Å². The van der Waals surface area contributed by atoms with Crippen LogP contribution in [-0.2, 0) is 25.8 Å². The molecule has 32 heavy (non-hydrogen) atoms. The molecule has 1 atom stereocenters. The number of amidine groups is 1. The molecule has 0 saturated carbocycles. The first-order valence-corrected chi connectivity index (χ1v) is 10.9. The molecule has 0 unspecified atom stereocenters. The summed E-state index contributed by atoms with van der Waals surface area (Å²) in [7, 11) is 0. The highest BCUT2D eigenvalue weighted by Gasteiger charge is 2.61. The number of nitrogens with zero attached hydrogens (tertiary/aromatic N) is 3. The van der Waals surface area contributed by atoms with Crippen molar-refractivity contribution in [1.29, 1.82) is 0 Å². The van der Waals surface area contributed by atoms with Crippen molar-refractivity contribution in [1.82, 2.24) is 10.3 Å². The molecule has 2 aromatic rings. The van der Waals surface area contributed by atoms with Crippen LogP contribution in [0.4, 0.5) is 5.69 Å². The van der Waals surface area contributed by atoms with Crippen LogP contribution in [0.5, 0.6) is 11.5 Å². The van der Waals surface area contributed by atoms with Gasteiger partial charge in [-0.05, 0) is 29.5 Å². The van der Waals surface area contributed by atoms with Gasteiger partial charge in [0.15, 0.2) is 16.7 Å². The number of amides is 3. The zero-order valence-electron chi connectivity index (χ0n) is 17.0. The summed E-state index contributed by atoms with van der Waals surface area (Å²) >= 11 is 7.49. The number of thioether (sulfide) groups is 1. The van der Waals surface area contributed by atoms with E-state index < -0.39 is 10.8 Å². The summed E-state index contributed by atoms with van der Waals surface area (Å²) in [6, 6.07) is 10.6. The fraction of sp³-hybridized carbons (Fsp3) is 0.238. The molecule has 3 aliphatic rings. The molecule has 3 heterocycles. The first-order valence-electron chi connectivity index (χ1n) is 9.67. The zero-order chi connectivity index (χ0) is 22.6. The van der Waals surface area contributed by atoms with Crippen molar-refractivity contribution in [2.24, 2.45) is 5.10 Å². The molecule has 0 radical (unpaired) electrons. The van der Waals surface area contributed by atoms with E-state index in [2.05, 4.69) is 10.4 Å². The van der Waals surface area contributed by atoms with Gasteiger partial charge in [0.2, 0.25) is 23.5 Å². The Bertz CT molecular complexity index is 1220. The van der Waals surface area contributed by atoms with E-state index in [1.807, 2.05) is 6.07 Å². The number of nitrogens with one attached hydrogen (secondary N) is 1. The SMILES string of the molecule is CC(=O)NC1=NN(C(C)=O)[C@@]2(S1)C(=O)N(Cc1cc3c(cc1Cl)OCO3)c1ccccc12. The van der Waals surface area contributed by atoms with Gasteiger partial charge >= 0.3 is 0 Å². The second-order valence-electron chi connectivity index (χ2n) is 7.37. The number of halogens is 1. The van der Waals surface area contributed by atoms with Gasteiger partial charge in [0.05, 0.1) is 12.2 Å². The Labute approximate surface area is 192 Å². The van der Waals surface area contributed by atoms with Gasteiger partial charge < -0.3 is 19.7 Å². The van der Waals surface area contributed by atoms with Crippen LogP contribution in [0.25, 0.3) is 0 Å². The Morgan fingerprint density at radius 3 is 2.66 bits per heavy atom. The van der Waals surface area contributed by atoms with Crippen LogP contribution in [0.15, 0.2) is 41.5 Å². The smallest absolute Gasteiger partial charge is 0.271 e. The number of hydrogen-bond acceptors (Lipinski definition) is 7. The number of anilines is 1. The molecule has 9 nitrogen and oxygen atoms in total.